The first-order valence-corrected chi connectivity index (χ1v) is 10.8. The molecule has 2 heterocycles. The van der Waals surface area contributed by atoms with Crippen molar-refractivity contribution in [3.8, 4) is 0 Å². The molecule has 0 unspecified atom stereocenters. The van der Waals surface area contributed by atoms with Gasteiger partial charge in [-0.1, -0.05) is 18.6 Å². The van der Waals surface area contributed by atoms with E-state index < -0.39 is 10.0 Å². The minimum atomic E-state index is -3.41. The highest BCUT2D eigenvalue weighted by molar-refractivity contribution is 7.89. The Morgan fingerprint density at radius 3 is 2.23 bits per heavy atom. The highest BCUT2D eigenvalue weighted by Gasteiger charge is 2.26. The summed E-state index contributed by atoms with van der Waals surface area (Å²) in [5, 5.41) is 0. The van der Waals surface area contributed by atoms with E-state index >= 15 is 0 Å². The summed E-state index contributed by atoms with van der Waals surface area (Å²) in [5.74, 6) is 0.0891. The second-order valence-corrected chi connectivity index (χ2v) is 9.04. The smallest absolute Gasteiger partial charge is 0.243 e. The van der Waals surface area contributed by atoms with E-state index in [1.165, 1.54) is 0 Å². The molecule has 2 fully saturated rings. The largest absolute Gasteiger partial charge is 0.381 e. The lowest BCUT2D eigenvalue weighted by molar-refractivity contribution is -0.132. The monoisotopic (exact) mass is 380 g/mol. The molecule has 0 aromatic heterocycles. The molecule has 3 rings (SSSR count). The number of amides is 1. The topological polar surface area (TPSA) is 66.9 Å². The summed E-state index contributed by atoms with van der Waals surface area (Å²) in [6.07, 6.45) is 5.23. The van der Waals surface area contributed by atoms with Gasteiger partial charge >= 0.3 is 0 Å². The predicted octanol–water partition coefficient (Wildman–Crippen LogP) is 2.04. The van der Waals surface area contributed by atoms with Crippen molar-refractivity contribution in [2.24, 2.45) is 0 Å². The Hall–Kier alpha value is -1.44. The number of nitrogens with zero attached hydrogens (tertiary/aromatic N) is 2. The van der Waals surface area contributed by atoms with E-state index in [1.807, 2.05) is 4.90 Å². The molecule has 7 heteroatoms. The van der Waals surface area contributed by atoms with Crippen LogP contribution in [-0.4, -0.2) is 62.9 Å². The van der Waals surface area contributed by atoms with Gasteiger partial charge in [0, 0.05) is 33.3 Å². The van der Waals surface area contributed by atoms with Crippen LogP contribution in [0, 0.1) is 0 Å². The first kappa shape index (κ1) is 19.3. The molecule has 2 aliphatic rings. The summed E-state index contributed by atoms with van der Waals surface area (Å²) < 4.78 is 32.2. The third-order valence-electron chi connectivity index (χ3n) is 5.36. The summed E-state index contributed by atoms with van der Waals surface area (Å²) >= 11 is 0. The number of hydrogen-bond acceptors (Lipinski definition) is 4. The molecule has 1 aromatic rings. The lowest BCUT2D eigenvalue weighted by Gasteiger charge is -2.31. The van der Waals surface area contributed by atoms with Crippen LogP contribution >= 0.6 is 0 Å². The molecule has 0 bridgehead atoms. The zero-order valence-corrected chi connectivity index (χ0v) is 16.2. The second kappa shape index (κ2) is 8.50. The van der Waals surface area contributed by atoms with Gasteiger partial charge in [-0.25, -0.2) is 8.42 Å². The quantitative estimate of drug-likeness (QED) is 0.784. The van der Waals surface area contributed by atoms with Gasteiger partial charge in [0.05, 0.1) is 17.4 Å². The van der Waals surface area contributed by atoms with Crippen LogP contribution in [-0.2, 0) is 26.0 Å². The van der Waals surface area contributed by atoms with Gasteiger partial charge in [-0.15, -0.1) is 0 Å². The number of likely N-dealkylation sites (tertiary alicyclic amines) is 1. The van der Waals surface area contributed by atoms with Crippen LogP contribution in [0.3, 0.4) is 0 Å². The molecule has 6 nitrogen and oxygen atoms in total. The first-order valence-electron chi connectivity index (χ1n) is 9.40. The molecule has 1 aromatic carbocycles. The molecule has 144 valence electrons. The van der Waals surface area contributed by atoms with Gasteiger partial charge in [0.2, 0.25) is 15.9 Å². The number of piperidine rings is 2. The number of hydrogen-bond donors (Lipinski definition) is 0. The van der Waals surface area contributed by atoms with Gasteiger partial charge in [-0.3, -0.25) is 4.79 Å². The Bertz CT molecular complexity index is 704. The van der Waals surface area contributed by atoms with Crippen molar-refractivity contribution < 1.29 is 17.9 Å². The fourth-order valence-corrected chi connectivity index (χ4v) is 5.18. The minimum Gasteiger partial charge on any atom is -0.381 e. The zero-order valence-electron chi connectivity index (χ0n) is 15.4. The standard InChI is InChI=1S/C19H28N2O4S/c1-25-17-9-13-20(14-10-17)19(22)15-16-5-7-18(8-6-16)26(23,24)21-11-3-2-4-12-21/h5-8,17H,2-4,9-15H2,1H3. The summed E-state index contributed by atoms with van der Waals surface area (Å²) in [5.41, 5.74) is 0.849. The molecule has 2 aliphatic heterocycles. The van der Waals surface area contributed by atoms with E-state index in [9.17, 15) is 13.2 Å². The van der Waals surface area contributed by atoms with E-state index in [4.69, 9.17) is 4.74 Å². The van der Waals surface area contributed by atoms with Crippen molar-refractivity contribution >= 4 is 15.9 Å². The molecule has 1 amide bonds. The van der Waals surface area contributed by atoms with E-state index in [2.05, 4.69) is 0 Å². The van der Waals surface area contributed by atoms with Crippen molar-refractivity contribution in [2.45, 2.75) is 49.5 Å². The van der Waals surface area contributed by atoms with Crippen LogP contribution in [0.5, 0.6) is 0 Å². The average molecular weight is 381 g/mol. The fraction of sp³-hybridized carbons (Fsp3) is 0.632. The summed E-state index contributed by atoms with van der Waals surface area (Å²) in [7, 11) is -1.70. The Kier molecular flexibility index (Phi) is 6.32. The zero-order chi connectivity index (χ0) is 18.6. The first-order chi connectivity index (χ1) is 12.5. The van der Waals surface area contributed by atoms with Crippen LogP contribution in [0.15, 0.2) is 29.2 Å². The third-order valence-corrected chi connectivity index (χ3v) is 7.27. The van der Waals surface area contributed by atoms with Crippen molar-refractivity contribution in [1.82, 2.24) is 9.21 Å². The van der Waals surface area contributed by atoms with E-state index in [-0.39, 0.29) is 12.0 Å². The molecule has 0 N–H and O–H groups in total. The van der Waals surface area contributed by atoms with Crippen LogP contribution < -0.4 is 0 Å². The molecule has 0 spiro atoms. The predicted molar refractivity (Wildman–Crippen MR) is 99.4 cm³/mol. The fourth-order valence-electron chi connectivity index (χ4n) is 3.66. The lowest BCUT2D eigenvalue weighted by Crippen LogP contribution is -2.41. The van der Waals surface area contributed by atoms with E-state index in [1.54, 1.807) is 35.7 Å². The average Bonchev–Trinajstić information content (AvgIpc) is 2.69. The number of carbonyl (C=O) groups excluding carboxylic acids is 1. The Morgan fingerprint density at radius 1 is 1.04 bits per heavy atom. The molecular formula is C19H28N2O4S. The van der Waals surface area contributed by atoms with Crippen molar-refractivity contribution in [2.75, 3.05) is 33.3 Å². The molecular weight excluding hydrogens is 352 g/mol. The van der Waals surface area contributed by atoms with Crippen LogP contribution in [0.4, 0.5) is 0 Å². The van der Waals surface area contributed by atoms with Crippen molar-refractivity contribution in [3.63, 3.8) is 0 Å². The van der Waals surface area contributed by atoms with Gasteiger partial charge < -0.3 is 9.64 Å². The van der Waals surface area contributed by atoms with Gasteiger partial charge in [-0.05, 0) is 43.4 Å². The Balaban J connectivity index is 1.60. The highest BCUT2D eigenvalue weighted by Crippen LogP contribution is 2.21. The van der Waals surface area contributed by atoms with Crippen LogP contribution in [0.25, 0.3) is 0 Å². The van der Waals surface area contributed by atoms with Crippen molar-refractivity contribution in [3.05, 3.63) is 29.8 Å². The highest BCUT2D eigenvalue weighted by atomic mass is 32.2. The number of sulfonamides is 1. The Morgan fingerprint density at radius 2 is 1.65 bits per heavy atom. The lowest BCUT2D eigenvalue weighted by atomic mass is 10.1. The second-order valence-electron chi connectivity index (χ2n) is 7.10. The number of benzene rings is 1. The van der Waals surface area contributed by atoms with Gasteiger partial charge in [-0.2, -0.15) is 4.31 Å². The van der Waals surface area contributed by atoms with Crippen LogP contribution in [0.2, 0.25) is 0 Å². The number of ether oxygens (including phenoxy) is 1. The minimum absolute atomic E-state index is 0.0891. The third kappa shape index (κ3) is 4.45. The molecule has 0 radical (unpaired) electrons. The number of carbonyl (C=O) groups is 1. The number of methoxy groups -OCH3 is 1. The maximum Gasteiger partial charge on any atom is 0.243 e. The van der Waals surface area contributed by atoms with E-state index in [0.29, 0.717) is 24.4 Å². The molecule has 2 saturated heterocycles. The molecule has 26 heavy (non-hydrogen) atoms. The maximum absolute atomic E-state index is 12.7. The normalized spacial score (nSPS) is 20.3. The Labute approximate surface area is 156 Å². The van der Waals surface area contributed by atoms with Gasteiger partial charge in [0.1, 0.15) is 0 Å². The SMILES string of the molecule is COC1CCN(C(=O)Cc2ccc(S(=O)(=O)N3CCCCC3)cc2)CC1. The number of rotatable bonds is 5. The van der Waals surface area contributed by atoms with Gasteiger partial charge in [0.15, 0.2) is 0 Å². The summed E-state index contributed by atoms with van der Waals surface area (Å²) in [6.45, 7) is 2.64. The molecule has 0 saturated carbocycles. The summed E-state index contributed by atoms with van der Waals surface area (Å²) in [4.78, 5) is 14.6. The molecule has 0 aliphatic carbocycles. The summed E-state index contributed by atoms with van der Waals surface area (Å²) in [6, 6.07) is 6.78. The molecule has 0 atom stereocenters. The van der Waals surface area contributed by atoms with E-state index in [0.717, 1.165) is 50.8 Å². The van der Waals surface area contributed by atoms with Crippen molar-refractivity contribution in [1.29, 1.82) is 0 Å². The van der Waals surface area contributed by atoms with Crippen LogP contribution in [0.1, 0.15) is 37.7 Å². The maximum atomic E-state index is 12.7. The van der Waals surface area contributed by atoms with Gasteiger partial charge in [0.25, 0.3) is 0 Å².